The molecular formula is C22H27NO16S. The van der Waals surface area contributed by atoms with Gasteiger partial charge < -0.3 is 54.0 Å². The molecule has 0 amide bonds. The topological polar surface area (TPSA) is 261 Å². The highest BCUT2D eigenvalue weighted by molar-refractivity contribution is 7.67. The molecule has 0 bridgehead atoms. The van der Waals surface area contributed by atoms with Crippen LogP contribution in [0.2, 0.25) is 0 Å². The van der Waals surface area contributed by atoms with E-state index in [9.17, 15) is 48.6 Å². The molecule has 7 N–H and O–H groups in total. The smallest absolute Gasteiger partial charge is 0.336 e. The molecule has 1 aromatic heterocycles. The molecule has 3 heterocycles. The van der Waals surface area contributed by atoms with Crippen molar-refractivity contribution in [3.63, 3.8) is 0 Å². The monoisotopic (exact) mass is 593 g/mol. The standard InChI is InChI=1S/C22H27NO16S/c1-7-4-12(25)35-10-5-8(2-3-9(7)10)34-22-17(29)16(28)18(19(38-22)20(30)31)37-21-13(23-39-40(32)33)15(27)14(26)11(6-24)36-21/h2-5,11,13-19,21-24,26-29,40H,6H2,1H3,(H,30,31)/t11-,13-,14-,15-,16-,17-,18+,19+,21-,22-/m1/s1. The molecular weight excluding hydrogens is 566 g/mol. The molecule has 2 aromatic rings. The maximum absolute atomic E-state index is 12.0. The lowest BCUT2D eigenvalue weighted by Crippen LogP contribution is -2.67. The minimum absolute atomic E-state index is 0.00680. The summed E-state index contributed by atoms with van der Waals surface area (Å²) in [5.74, 6) is -1.68. The highest BCUT2D eigenvalue weighted by atomic mass is 32.2. The number of carboxylic acids is 1. The Morgan fingerprint density at radius 1 is 1.02 bits per heavy atom. The maximum atomic E-state index is 12.0. The normalized spacial score (nSPS) is 34.7. The molecule has 0 spiro atoms. The number of thiol groups is 1. The van der Waals surface area contributed by atoms with Gasteiger partial charge in [-0.05, 0) is 24.6 Å². The average Bonchev–Trinajstić information content (AvgIpc) is 2.89. The van der Waals surface area contributed by atoms with Crippen molar-refractivity contribution in [3.8, 4) is 5.75 Å². The summed E-state index contributed by atoms with van der Waals surface area (Å²) in [6.07, 6.45) is -16.6. The van der Waals surface area contributed by atoms with Crippen molar-refractivity contribution in [2.75, 3.05) is 6.61 Å². The van der Waals surface area contributed by atoms with Crippen LogP contribution in [0.15, 0.2) is 33.5 Å². The van der Waals surface area contributed by atoms with Crippen LogP contribution < -0.4 is 15.8 Å². The fourth-order valence-corrected chi connectivity index (χ4v) is 4.59. The van der Waals surface area contributed by atoms with Crippen LogP contribution in [0.5, 0.6) is 5.75 Å². The van der Waals surface area contributed by atoms with Crippen LogP contribution in [0.3, 0.4) is 0 Å². The Labute approximate surface area is 226 Å². The van der Waals surface area contributed by atoms with E-state index < -0.39 is 90.5 Å². The number of ether oxygens (including phenoxy) is 4. The predicted molar refractivity (Wildman–Crippen MR) is 127 cm³/mol. The summed E-state index contributed by atoms with van der Waals surface area (Å²) in [6, 6.07) is 3.90. The Balaban J connectivity index is 1.56. The molecule has 18 heteroatoms. The summed E-state index contributed by atoms with van der Waals surface area (Å²) in [4.78, 5) is 23.8. The molecule has 4 rings (SSSR count). The number of fused-ring (bicyclic) bond motifs is 1. The van der Waals surface area contributed by atoms with Crippen molar-refractivity contribution in [2.24, 2.45) is 0 Å². The van der Waals surface area contributed by atoms with Crippen molar-refractivity contribution in [2.45, 2.75) is 68.3 Å². The first-order chi connectivity index (χ1) is 18.9. The van der Waals surface area contributed by atoms with Crippen molar-refractivity contribution >= 4 is 27.9 Å². The van der Waals surface area contributed by atoms with Crippen LogP contribution in [0.25, 0.3) is 11.0 Å². The van der Waals surface area contributed by atoms with Crippen molar-refractivity contribution in [3.05, 3.63) is 40.2 Å². The minimum atomic E-state index is -3.51. The molecule has 0 aliphatic carbocycles. The molecule has 0 unspecified atom stereocenters. The molecule has 40 heavy (non-hydrogen) atoms. The zero-order valence-electron chi connectivity index (χ0n) is 20.5. The third kappa shape index (κ3) is 6.26. The number of carboxylic acid groups (broad SMARTS) is 1. The van der Waals surface area contributed by atoms with Crippen LogP contribution in [-0.4, -0.2) is 113 Å². The molecule has 10 atom stereocenters. The van der Waals surface area contributed by atoms with Gasteiger partial charge in [0.1, 0.15) is 54.0 Å². The van der Waals surface area contributed by atoms with E-state index in [1.165, 1.54) is 18.2 Å². The second-order valence-electron chi connectivity index (χ2n) is 9.03. The van der Waals surface area contributed by atoms with Gasteiger partial charge in [-0.3, -0.25) is 0 Å². The molecule has 2 aliphatic rings. The summed E-state index contributed by atoms with van der Waals surface area (Å²) in [6.45, 7) is 0.852. The van der Waals surface area contributed by atoms with Gasteiger partial charge in [0.2, 0.25) is 6.29 Å². The van der Waals surface area contributed by atoms with Crippen molar-refractivity contribution < 1.29 is 71.5 Å². The lowest BCUT2D eigenvalue weighted by Gasteiger charge is -2.46. The van der Waals surface area contributed by atoms with E-state index >= 15 is 0 Å². The number of aliphatic hydroxyl groups is 5. The van der Waals surface area contributed by atoms with E-state index in [1.807, 2.05) is 5.48 Å². The predicted octanol–water partition coefficient (Wildman–Crippen LogP) is -3.75. The molecule has 1 aromatic carbocycles. The zero-order valence-corrected chi connectivity index (χ0v) is 21.4. The van der Waals surface area contributed by atoms with E-state index in [0.717, 1.165) is 0 Å². The number of aliphatic hydroxyl groups excluding tert-OH is 5. The minimum Gasteiger partial charge on any atom is -0.479 e. The van der Waals surface area contributed by atoms with Crippen LogP contribution in [0.4, 0.5) is 0 Å². The van der Waals surface area contributed by atoms with Gasteiger partial charge in [-0.15, -0.1) is 0 Å². The number of benzene rings is 1. The second-order valence-corrected chi connectivity index (χ2v) is 9.66. The van der Waals surface area contributed by atoms with E-state index in [1.54, 1.807) is 13.0 Å². The van der Waals surface area contributed by atoms with Gasteiger partial charge in [0, 0.05) is 17.5 Å². The fraction of sp³-hybridized carbons (Fsp3) is 0.545. The van der Waals surface area contributed by atoms with Crippen LogP contribution in [0.1, 0.15) is 5.56 Å². The Kier molecular flexibility index (Phi) is 9.37. The van der Waals surface area contributed by atoms with E-state index in [2.05, 4.69) is 4.28 Å². The van der Waals surface area contributed by atoms with Gasteiger partial charge in [0.15, 0.2) is 12.4 Å². The van der Waals surface area contributed by atoms with E-state index in [-0.39, 0.29) is 11.3 Å². The Bertz CT molecular complexity index is 1340. The largest absolute Gasteiger partial charge is 0.479 e. The molecule has 0 saturated carbocycles. The molecule has 17 nitrogen and oxygen atoms in total. The van der Waals surface area contributed by atoms with Gasteiger partial charge in [0.05, 0.1) is 6.61 Å². The molecule has 2 fully saturated rings. The third-order valence-corrected chi connectivity index (χ3v) is 6.65. The first kappa shape index (κ1) is 30.2. The lowest BCUT2D eigenvalue weighted by molar-refractivity contribution is -0.336. The van der Waals surface area contributed by atoms with Crippen LogP contribution in [0, 0.1) is 6.92 Å². The number of nitrogens with one attached hydrogen (secondary N) is 1. The summed E-state index contributed by atoms with van der Waals surface area (Å²) < 4.78 is 52.8. The van der Waals surface area contributed by atoms with Crippen molar-refractivity contribution in [1.29, 1.82) is 0 Å². The van der Waals surface area contributed by atoms with Gasteiger partial charge in [-0.2, -0.15) is 9.76 Å². The SMILES string of the molecule is Cc1cc(=O)oc2cc(O[C@@H]3O[C@H](C(=O)O)[C@@H](O[C@H]4O[C@H](CO)[C@@H](O)[C@H](O)[C@H]4NO[SH](=O)=O)[C@H](O)[C@H]3O)ccc12. The first-order valence-corrected chi connectivity index (χ1v) is 12.8. The van der Waals surface area contributed by atoms with Gasteiger partial charge in [-0.1, -0.05) is 0 Å². The van der Waals surface area contributed by atoms with E-state index in [4.69, 9.17) is 23.4 Å². The maximum Gasteiger partial charge on any atom is 0.336 e. The molecule has 0 radical (unpaired) electrons. The number of hydroxylamine groups is 1. The summed E-state index contributed by atoms with van der Waals surface area (Å²) in [5, 5.41) is 61.8. The number of carbonyl (C=O) groups is 1. The number of aliphatic carboxylic acids is 1. The third-order valence-electron chi connectivity index (χ3n) is 6.40. The first-order valence-electron chi connectivity index (χ1n) is 11.7. The Morgan fingerprint density at radius 2 is 1.75 bits per heavy atom. The average molecular weight is 594 g/mol. The highest BCUT2D eigenvalue weighted by Gasteiger charge is 2.53. The summed E-state index contributed by atoms with van der Waals surface area (Å²) in [5.41, 5.74) is 2.03. The Hall–Kier alpha value is -2.75. The Morgan fingerprint density at radius 3 is 2.40 bits per heavy atom. The lowest BCUT2D eigenvalue weighted by atomic mass is 9.96. The van der Waals surface area contributed by atoms with Crippen molar-refractivity contribution in [1.82, 2.24) is 5.48 Å². The molecule has 222 valence electrons. The molecule has 2 aliphatic heterocycles. The second kappa shape index (κ2) is 12.4. The number of hydrogen-bond acceptors (Lipinski definition) is 16. The van der Waals surface area contributed by atoms with E-state index in [0.29, 0.717) is 10.9 Å². The zero-order chi connectivity index (χ0) is 29.3. The number of rotatable bonds is 9. The highest BCUT2D eigenvalue weighted by Crippen LogP contribution is 2.31. The number of hydrogen-bond donors (Lipinski definition) is 8. The summed E-state index contributed by atoms with van der Waals surface area (Å²) >= 11 is 0. The fourth-order valence-electron chi connectivity index (χ4n) is 4.38. The van der Waals surface area contributed by atoms with Gasteiger partial charge in [0.25, 0.3) is 11.0 Å². The summed E-state index contributed by atoms with van der Waals surface area (Å²) in [7, 11) is -3.51. The quantitative estimate of drug-likeness (QED) is 0.0788. The van der Waals surface area contributed by atoms with Gasteiger partial charge in [-0.25, -0.2) is 18.0 Å². The van der Waals surface area contributed by atoms with Gasteiger partial charge >= 0.3 is 11.6 Å². The van der Waals surface area contributed by atoms with Crippen LogP contribution in [-0.2, 0) is 34.3 Å². The van der Waals surface area contributed by atoms with Crippen LogP contribution >= 0.6 is 0 Å². The molecule has 2 saturated heterocycles. The number of aryl methyl sites for hydroxylation is 1.